The van der Waals surface area contributed by atoms with Crippen LogP contribution in [-0.4, -0.2) is 105 Å². The maximum Gasteiger partial charge on any atom is 0.272 e. The van der Waals surface area contributed by atoms with Crippen LogP contribution in [0.4, 0.5) is 5.82 Å². The molecule has 8 unspecified atom stereocenters. The van der Waals surface area contributed by atoms with Gasteiger partial charge in [-0.1, -0.05) is 33.3 Å². The van der Waals surface area contributed by atoms with Crippen molar-refractivity contribution in [3.63, 3.8) is 0 Å². The SMILES string of the molecule is CCCCc1cc(OC2CCC(NC(=O)c3ccc(N4CCCC5(CC(Cc6ccc(C7=NC(CC8NCCO8)C8NNC(C)N8C8SC(C)CC(C)C78)nc6)C5)C4)nn3)CC2)ccc1C#N. The molecule has 4 N–H and O–H groups in total. The molecule has 2 aliphatic carbocycles. The maximum atomic E-state index is 13.3. The van der Waals surface area contributed by atoms with Gasteiger partial charge in [0.2, 0.25) is 0 Å². The van der Waals surface area contributed by atoms with Gasteiger partial charge in [0.25, 0.3) is 5.91 Å². The van der Waals surface area contributed by atoms with Crippen LogP contribution in [0.25, 0.3) is 0 Å². The number of fused-ring (bicyclic) bond motifs is 3. The summed E-state index contributed by atoms with van der Waals surface area (Å²) in [6.07, 6.45) is 16.8. The Morgan fingerprint density at radius 2 is 1.94 bits per heavy atom. The van der Waals surface area contributed by atoms with Crippen molar-refractivity contribution in [2.45, 2.75) is 165 Å². The summed E-state index contributed by atoms with van der Waals surface area (Å²) in [4.78, 5) is 29.2. The predicted octanol–water partition coefficient (Wildman–Crippen LogP) is 7.14. The van der Waals surface area contributed by atoms with E-state index in [1.165, 1.54) is 37.0 Å². The van der Waals surface area contributed by atoms with E-state index in [9.17, 15) is 10.1 Å². The van der Waals surface area contributed by atoms with Crippen LogP contribution >= 0.6 is 11.8 Å². The first-order valence-electron chi connectivity index (χ1n) is 25.6. The highest BCUT2D eigenvalue weighted by Crippen LogP contribution is 2.53. The molecule has 1 aromatic carbocycles. The number of amides is 1. The second-order valence-electron chi connectivity index (χ2n) is 21.0. The van der Waals surface area contributed by atoms with Crippen molar-refractivity contribution in [1.82, 2.24) is 41.6 Å². The lowest BCUT2D eigenvalue weighted by atomic mass is 9.57. The van der Waals surface area contributed by atoms with Crippen molar-refractivity contribution in [3.05, 3.63) is 76.7 Å². The minimum Gasteiger partial charge on any atom is -0.490 e. The van der Waals surface area contributed by atoms with Gasteiger partial charge in [0.15, 0.2) is 11.5 Å². The first kappa shape index (κ1) is 46.6. The average Bonchev–Trinajstić information content (AvgIpc) is 3.96. The Morgan fingerprint density at radius 1 is 1.07 bits per heavy atom. The third-order valence-electron chi connectivity index (χ3n) is 16.0. The molecule has 8 atom stereocenters. The summed E-state index contributed by atoms with van der Waals surface area (Å²) in [5.41, 5.74) is 13.1. The van der Waals surface area contributed by atoms with Crippen LogP contribution in [0, 0.1) is 34.5 Å². The number of nitriles is 1. The quantitative estimate of drug-likeness (QED) is 0.137. The van der Waals surface area contributed by atoms with Crippen molar-refractivity contribution >= 4 is 29.2 Å². The summed E-state index contributed by atoms with van der Waals surface area (Å²) in [5.74, 6) is 2.94. The molecule has 2 saturated carbocycles. The zero-order valence-corrected chi connectivity index (χ0v) is 40.8. The van der Waals surface area contributed by atoms with E-state index >= 15 is 0 Å². The number of hydrogen-bond donors (Lipinski definition) is 4. The van der Waals surface area contributed by atoms with Crippen LogP contribution in [0.15, 0.2) is 53.7 Å². The lowest BCUT2D eigenvalue weighted by Gasteiger charge is -2.53. The number of aryl methyl sites for hydroxylation is 1. The molecule has 67 heavy (non-hydrogen) atoms. The van der Waals surface area contributed by atoms with Gasteiger partial charge < -0.3 is 19.7 Å². The van der Waals surface area contributed by atoms with Gasteiger partial charge in [-0.25, -0.2) is 10.9 Å². The number of unbranched alkanes of at least 4 members (excludes halogenated alkanes) is 1. The van der Waals surface area contributed by atoms with Crippen LogP contribution < -0.4 is 31.1 Å². The fourth-order valence-corrected chi connectivity index (χ4v) is 14.6. The molecule has 358 valence electrons. The Labute approximate surface area is 401 Å². The van der Waals surface area contributed by atoms with Crippen LogP contribution in [0.5, 0.6) is 5.75 Å². The van der Waals surface area contributed by atoms with E-state index < -0.39 is 0 Å². The average molecular weight is 930 g/mol. The standard InChI is InChI=1S/C52H71N11O3S/c1-5-6-8-37-25-41(13-10-38(37)29-53)66-40-14-11-39(12-15-40)56-50(64)43-17-18-45(60-59-43)62-21-7-19-52(31-62)27-36(28-52)24-35-9-16-42(55-30-35)48-47-32(2)23-33(3)67-51(47)63-34(4)58-61-49(63)44(57-48)26-46-54-20-22-65-46/h9-10,13,16-18,25,30,32-34,36,39-40,44,46-47,49,51,54,58,61H,5-8,11-12,14-15,19-24,26-28,31H2,1-4H3,(H,56,64). The number of rotatable bonds is 13. The Kier molecular flexibility index (Phi) is 14.2. The molecule has 6 fully saturated rings. The Hall–Kier alpha value is -4.17. The van der Waals surface area contributed by atoms with E-state index in [1.54, 1.807) is 0 Å². The second kappa shape index (κ2) is 20.4. The van der Waals surface area contributed by atoms with Crippen molar-refractivity contribution in [3.8, 4) is 11.8 Å². The van der Waals surface area contributed by atoms with Crippen molar-refractivity contribution < 1.29 is 14.3 Å². The van der Waals surface area contributed by atoms with E-state index in [1.807, 2.05) is 30.3 Å². The third kappa shape index (κ3) is 10.3. The van der Waals surface area contributed by atoms with Crippen molar-refractivity contribution in [2.75, 3.05) is 31.1 Å². The van der Waals surface area contributed by atoms with Crippen LogP contribution in [0.3, 0.4) is 0 Å². The smallest absolute Gasteiger partial charge is 0.272 e. The highest BCUT2D eigenvalue weighted by atomic mass is 32.2. The molecule has 15 heteroatoms. The van der Waals surface area contributed by atoms with Gasteiger partial charge in [0, 0.05) is 49.5 Å². The topological polar surface area (TPSA) is 165 Å². The van der Waals surface area contributed by atoms with Crippen molar-refractivity contribution in [1.29, 1.82) is 5.26 Å². The van der Waals surface area contributed by atoms with Gasteiger partial charge >= 0.3 is 0 Å². The number of nitrogens with zero attached hydrogens (tertiary/aromatic N) is 7. The van der Waals surface area contributed by atoms with Crippen LogP contribution in [-0.2, 0) is 17.6 Å². The van der Waals surface area contributed by atoms with Crippen molar-refractivity contribution in [2.24, 2.45) is 28.2 Å². The number of hydrogen-bond acceptors (Lipinski definition) is 14. The molecule has 4 saturated heterocycles. The fraction of sp³-hybridized carbons (Fsp3) is 0.654. The first-order chi connectivity index (χ1) is 32.6. The molecule has 2 aromatic heterocycles. The molecule has 3 aromatic rings. The third-order valence-corrected chi connectivity index (χ3v) is 17.4. The molecule has 10 rings (SSSR count). The molecule has 0 bridgehead atoms. The highest BCUT2D eigenvalue weighted by molar-refractivity contribution is 8.00. The van der Waals surface area contributed by atoms with E-state index in [2.05, 4.69) is 105 Å². The monoisotopic (exact) mass is 930 g/mol. The lowest BCUT2D eigenvalue weighted by Crippen LogP contribution is -2.54. The van der Waals surface area contributed by atoms with Crippen LogP contribution in [0.1, 0.15) is 138 Å². The Bertz CT molecular complexity index is 2250. The molecule has 7 aliphatic rings. The predicted molar refractivity (Wildman–Crippen MR) is 263 cm³/mol. The van der Waals surface area contributed by atoms with Crippen LogP contribution in [0.2, 0.25) is 0 Å². The van der Waals surface area contributed by atoms with Gasteiger partial charge in [0.05, 0.1) is 59.5 Å². The Morgan fingerprint density at radius 3 is 2.69 bits per heavy atom. The zero-order chi connectivity index (χ0) is 46.1. The number of thioether (sulfide) groups is 1. The molecular formula is C52H71N11O3S. The molecule has 1 amide bonds. The highest BCUT2D eigenvalue weighted by Gasteiger charge is 2.52. The summed E-state index contributed by atoms with van der Waals surface area (Å²) in [7, 11) is 0. The molecule has 5 aliphatic heterocycles. The number of hydrazine groups is 1. The van der Waals surface area contributed by atoms with E-state index in [-0.39, 0.29) is 48.6 Å². The minimum absolute atomic E-state index is 0.0128. The number of nitrogens with one attached hydrogen (secondary N) is 4. The molecule has 7 heterocycles. The van der Waals surface area contributed by atoms with E-state index in [0.717, 1.165) is 119 Å². The number of anilines is 1. The number of piperidine rings is 1. The summed E-state index contributed by atoms with van der Waals surface area (Å²) in [6.45, 7) is 12.8. The second-order valence-corrected chi connectivity index (χ2v) is 22.6. The maximum absolute atomic E-state index is 13.3. The number of aromatic nitrogens is 3. The van der Waals surface area contributed by atoms with Gasteiger partial charge in [-0.3, -0.25) is 25.0 Å². The fourth-order valence-electron chi connectivity index (χ4n) is 12.7. The number of benzene rings is 1. The van der Waals surface area contributed by atoms with E-state index in [4.69, 9.17) is 19.5 Å². The van der Waals surface area contributed by atoms with Gasteiger partial charge in [-0.2, -0.15) is 5.26 Å². The summed E-state index contributed by atoms with van der Waals surface area (Å²) < 4.78 is 12.4. The van der Waals surface area contributed by atoms with Gasteiger partial charge in [-0.15, -0.1) is 22.0 Å². The summed E-state index contributed by atoms with van der Waals surface area (Å²) >= 11 is 2.11. The molecule has 14 nitrogen and oxygen atoms in total. The lowest BCUT2D eigenvalue weighted by molar-refractivity contribution is 0.0383. The summed E-state index contributed by atoms with van der Waals surface area (Å²) in [6, 6.07) is 16.6. The molecule has 0 radical (unpaired) electrons. The number of ether oxygens (including phenoxy) is 2. The normalized spacial score (nSPS) is 34.0. The van der Waals surface area contributed by atoms with E-state index in [0.29, 0.717) is 33.6 Å². The minimum atomic E-state index is -0.167. The number of carbonyl (C=O) groups is 1. The molecular weight excluding hydrogens is 859 g/mol. The zero-order valence-electron chi connectivity index (χ0n) is 40.0. The first-order valence-corrected chi connectivity index (χ1v) is 26.5. The number of pyridine rings is 1. The number of aliphatic imine (C=N–C) groups is 1. The van der Waals surface area contributed by atoms with Gasteiger partial charge in [0.1, 0.15) is 12.0 Å². The Balaban J connectivity index is 0.718. The largest absolute Gasteiger partial charge is 0.490 e. The van der Waals surface area contributed by atoms with Gasteiger partial charge in [-0.05, 0) is 149 Å². The number of carbonyl (C=O) groups excluding carboxylic acids is 1. The summed E-state index contributed by atoms with van der Waals surface area (Å²) in [5, 5.41) is 26.2. The molecule has 1 spiro atoms.